The Kier molecular flexibility index (Phi) is 7.44. The lowest BCUT2D eigenvalue weighted by Gasteiger charge is -2.27. The fourth-order valence-electron chi connectivity index (χ4n) is 2.62. The molecule has 1 amide bonds. The van der Waals surface area contributed by atoms with E-state index < -0.39 is 0 Å². The van der Waals surface area contributed by atoms with Crippen LogP contribution in [-0.2, 0) is 11.2 Å². The minimum absolute atomic E-state index is 0.152. The molecule has 0 spiro atoms. The smallest absolute Gasteiger partial charge is 0.239 e. The lowest BCUT2D eigenvalue weighted by molar-refractivity contribution is -0.132. The maximum Gasteiger partial charge on any atom is 0.239 e. The summed E-state index contributed by atoms with van der Waals surface area (Å²) in [6.45, 7) is 11.9. The molecule has 0 aliphatic carbocycles. The number of aryl methyl sites for hydroxylation is 1. The standard InChI is InChI=1S/C18H30N2O/c1-6-15-10-12-16(13-11-15)17(7-2)19-14(5)18(21)20(8-3)9-4/h10-14,17,19H,6-9H2,1-5H3. The normalized spacial score (nSPS) is 13.8. The van der Waals surface area contributed by atoms with Gasteiger partial charge in [-0.25, -0.2) is 0 Å². The fourth-order valence-corrected chi connectivity index (χ4v) is 2.62. The van der Waals surface area contributed by atoms with Gasteiger partial charge in [0.1, 0.15) is 0 Å². The molecule has 1 aromatic rings. The van der Waals surface area contributed by atoms with Gasteiger partial charge in [-0.05, 0) is 44.7 Å². The molecule has 0 aromatic heterocycles. The highest BCUT2D eigenvalue weighted by molar-refractivity contribution is 5.81. The number of hydrogen-bond donors (Lipinski definition) is 1. The van der Waals surface area contributed by atoms with Crippen LogP contribution in [-0.4, -0.2) is 29.9 Å². The second-order valence-corrected chi connectivity index (χ2v) is 5.45. The van der Waals surface area contributed by atoms with E-state index in [4.69, 9.17) is 0 Å². The van der Waals surface area contributed by atoms with Gasteiger partial charge in [0.2, 0.25) is 5.91 Å². The number of carbonyl (C=O) groups excluding carboxylic acids is 1. The number of hydrogen-bond acceptors (Lipinski definition) is 2. The minimum atomic E-state index is -0.152. The number of nitrogens with one attached hydrogen (secondary N) is 1. The van der Waals surface area contributed by atoms with Crippen LogP contribution in [0.4, 0.5) is 0 Å². The summed E-state index contributed by atoms with van der Waals surface area (Å²) in [4.78, 5) is 14.2. The molecule has 1 N–H and O–H groups in total. The molecule has 2 unspecified atom stereocenters. The lowest BCUT2D eigenvalue weighted by atomic mass is 10.0. The first-order valence-corrected chi connectivity index (χ1v) is 8.20. The summed E-state index contributed by atoms with van der Waals surface area (Å²) in [6.07, 6.45) is 2.03. The summed E-state index contributed by atoms with van der Waals surface area (Å²) in [5.74, 6) is 0.184. The molecule has 118 valence electrons. The van der Waals surface area contributed by atoms with Gasteiger partial charge in [0.25, 0.3) is 0 Å². The highest BCUT2D eigenvalue weighted by Gasteiger charge is 2.21. The summed E-state index contributed by atoms with van der Waals surface area (Å²) >= 11 is 0. The maximum atomic E-state index is 12.4. The second kappa shape index (κ2) is 8.83. The van der Waals surface area contributed by atoms with E-state index in [2.05, 4.69) is 43.4 Å². The molecule has 0 radical (unpaired) electrons. The van der Waals surface area contributed by atoms with E-state index in [1.807, 2.05) is 25.7 Å². The second-order valence-electron chi connectivity index (χ2n) is 5.45. The summed E-state index contributed by atoms with van der Waals surface area (Å²) in [7, 11) is 0. The van der Waals surface area contributed by atoms with Crippen molar-refractivity contribution in [2.24, 2.45) is 0 Å². The fraction of sp³-hybridized carbons (Fsp3) is 0.611. The predicted molar refractivity (Wildman–Crippen MR) is 89.4 cm³/mol. The predicted octanol–water partition coefficient (Wildman–Crippen LogP) is 3.55. The Morgan fingerprint density at radius 2 is 1.67 bits per heavy atom. The van der Waals surface area contributed by atoms with Crippen molar-refractivity contribution in [3.05, 3.63) is 35.4 Å². The monoisotopic (exact) mass is 290 g/mol. The third kappa shape index (κ3) is 4.85. The molecule has 3 heteroatoms. The Morgan fingerprint density at radius 1 is 1.10 bits per heavy atom. The Bertz CT molecular complexity index is 423. The Hall–Kier alpha value is -1.35. The average Bonchev–Trinajstić information content (AvgIpc) is 2.53. The van der Waals surface area contributed by atoms with E-state index in [1.54, 1.807) is 0 Å². The largest absolute Gasteiger partial charge is 0.342 e. The molecule has 0 saturated carbocycles. The number of nitrogens with zero attached hydrogens (tertiary/aromatic N) is 1. The van der Waals surface area contributed by atoms with Gasteiger partial charge >= 0.3 is 0 Å². The molecule has 0 aliphatic heterocycles. The molecule has 1 aromatic carbocycles. The number of carbonyl (C=O) groups is 1. The van der Waals surface area contributed by atoms with Gasteiger partial charge in [-0.2, -0.15) is 0 Å². The van der Waals surface area contributed by atoms with E-state index in [0.29, 0.717) is 0 Å². The highest BCUT2D eigenvalue weighted by atomic mass is 16.2. The number of rotatable bonds is 8. The molecule has 0 fully saturated rings. The van der Waals surface area contributed by atoms with Crippen LogP contribution >= 0.6 is 0 Å². The Balaban J connectivity index is 2.74. The van der Waals surface area contributed by atoms with Crippen LogP contribution in [0.15, 0.2) is 24.3 Å². The maximum absolute atomic E-state index is 12.4. The van der Waals surface area contributed by atoms with Crippen LogP contribution in [0, 0.1) is 0 Å². The third-order valence-corrected chi connectivity index (χ3v) is 4.10. The molecule has 0 bridgehead atoms. The van der Waals surface area contributed by atoms with E-state index >= 15 is 0 Å². The first-order valence-electron chi connectivity index (χ1n) is 8.20. The molecule has 2 atom stereocenters. The van der Waals surface area contributed by atoms with E-state index in [-0.39, 0.29) is 18.0 Å². The van der Waals surface area contributed by atoms with Crippen molar-refractivity contribution < 1.29 is 4.79 Å². The van der Waals surface area contributed by atoms with Crippen molar-refractivity contribution in [2.45, 2.75) is 59.5 Å². The minimum Gasteiger partial charge on any atom is -0.342 e. The van der Waals surface area contributed by atoms with E-state index in [0.717, 1.165) is 25.9 Å². The van der Waals surface area contributed by atoms with Gasteiger partial charge in [0, 0.05) is 19.1 Å². The van der Waals surface area contributed by atoms with Crippen LogP contribution in [0.2, 0.25) is 0 Å². The zero-order valence-corrected chi connectivity index (χ0v) is 14.1. The quantitative estimate of drug-likeness (QED) is 0.794. The first-order chi connectivity index (χ1) is 10.1. The molecule has 0 saturated heterocycles. The zero-order chi connectivity index (χ0) is 15.8. The van der Waals surface area contributed by atoms with E-state index in [1.165, 1.54) is 11.1 Å². The van der Waals surface area contributed by atoms with Gasteiger partial charge in [-0.15, -0.1) is 0 Å². The van der Waals surface area contributed by atoms with Gasteiger partial charge in [0.15, 0.2) is 0 Å². The molecular formula is C18H30N2O. The van der Waals surface area contributed by atoms with Crippen molar-refractivity contribution in [2.75, 3.05) is 13.1 Å². The van der Waals surface area contributed by atoms with Crippen molar-refractivity contribution >= 4 is 5.91 Å². The van der Waals surface area contributed by atoms with E-state index in [9.17, 15) is 4.79 Å². The van der Waals surface area contributed by atoms with Gasteiger partial charge < -0.3 is 4.90 Å². The highest BCUT2D eigenvalue weighted by Crippen LogP contribution is 2.18. The third-order valence-electron chi connectivity index (χ3n) is 4.10. The van der Waals surface area contributed by atoms with Gasteiger partial charge in [-0.3, -0.25) is 10.1 Å². The van der Waals surface area contributed by atoms with Crippen LogP contribution in [0.1, 0.15) is 58.2 Å². The van der Waals surface area contributed by atoms with Crippen LogP contribution in [0.5, 0.6) is 0 Å². The molecular weight excluding hydrogens is 260 g/mol. The van der Waals surface area contributed by atoms with Gasteiger partial charge in [-0.1, -0.05) is 38.1 Å². The summed E-state index contributed by atoms with van der Waals surface area (Å²) in [5, 5.41) is 3.48. The first kappa shape index (κ1) is 17.7. The van der Waals surface area contributed by atoms with Crippen molar-refractivity contribution in [3.63, 3.8) is 0 Å². The molecule has 0 aliphatic rings. The summed E-state index contributed by atoms with van der Waals surface area (Å²) < 4.78 is 0. The molecule has 21 heavy (non-hydrogen) atoms. The molecule has 3 nitrogen and oxygen atoms in total. The lowest BCUT2D eigenvalue weighted by Crippen LogP contribution is -2.45. The Morgan fingerprint density at radius 3 is 2.10 bits per heavy atom. The van der Waals surface area contributed by atoms with Crippen LogP contribution in [0.3, 0.4) is 0 Å². The molecule has 0 heterocycles. The SMILES string of the molecule is CCc1ccc(C(CC)NC(C)C(=O)N(CC)CC)cc1. The van der Waals surface area contributed by atoms with Crippen molar-refractivity contribution in [1.29, 1.82) is 0 Å². The van der Waals surface area contributed by atoms with Crippen molar-refractivity contribution in [3.8, 4) is 0 Å². The Labute approximate surface area is 129 Å². The topological polar surface area (TPSA) is 32.3 Å². The summed E-state index contributed by atoms with van der Waals surface area (Å²) in [5.41, 5.74) is 2.61. The number of benzene rings is 1. The average molecular weight is 290 g/mol. The zero-order valence-electron chi connectivity index (χ0n) is 14.1. The number of likely N-dealkylation sites (N-methyl/N-ethyl adjacent to an activating group) is 1. The van der Waals surface area contributed by atoms with Crippen LogP contribution < -0.4 is 5.32 Å². The summed E-state index contributed by atoms with van der Waals surface area (Å²) in [6, 6.07) is 8.78. The van der Waals surface area contributed by atoms with Gasteiger partial charge in [0.05, 0.1) is 6.04 Å². The number of amides is 1. The van der Waals surface area contributed by atoms with Crippen LogP contribution in [0.25, 0.3) is 0 Å². The van der Waals surface area contributed by atoms with Crippen molar-refractivity contribution in [1.82, 2.24) is 10.2 Å². The molecule has 1 rings (SSSR count).